The van der Waals surface area contributed by atoms with Crippen LogP contribution in [0.4, 0.5) is 5.82 Å². The summed E-state index contributed by atoms with van der Waals surface area (Å²) >= 11 is 0. The first-order valence-electron chi connectivity index (χ1n) is 8.63. The lowest BCUT2D eigenvalue weighted by atomic mass is 9.79. The van der Waals surface area contributed by atoms with Gasteiger partial charge in [0.2, 0.25) is 5.91 Å². The van der Waals surface area contributed by atoms with E-state index in [2.05, 4.69) is 15.0 Å². The third-order valence-electron chi connectivity index (χ3n) is 5.20. The van der Waals surface area contributed by atoms with Crippen LogP contribution in [0.25, 0.3) is 11.2 Å². The van der Waals surface area contributed by atoms with Crippen molar-refractivity contribution in [3.05, 3.63) is 12.7 Å². The fourth-order valence-corrected chi connectivity index (χ4v) is 3.53. The number of aliphatic hydroxyl groups excluding tert-OH is 1. The minimum atomic E-state index is -1.33. The van der Waals surface area contributed by atoms with Crippen LogP contribution in [0, 0.1) is 0 Å². The summed E-state index contributed by atoms with van der Waals surface area (Å²) in [7, 11) is 1.71. The molecule has 6 N–H and O–H groups in total. The predicted molar refractivity (Wildman–Crippen MR) is 94.8 cm³/mol. The Morgan fingerprint density at radius 3 is 2.92 bits per heavy atom. The Labute approximate surface area is 150 Å². The van der Waals surface area contributed by atoms with Gasteiger partial charge in [-0.2, -0.15) is 0 Å². The Hall–Kier alpha value is -2.30. The molecule has 1 aliphatic rings. The summed E-state index contributed by atoms with van der Waals surface area (Å²) in [6, 6.07) is -0.123. The molecule has 142 valence electrons. The number of amides is 1. The van der Waals surface area contributed by atoms with Crippen LogP contribution in [0.1, 0.15) is 25.7 Å². The first kappa shape index (κ1) is 18.5. The molecule has 0 spiro atoms. The van der Waals surface area contributed by atoms with Crippen molar-refractivity contribution in [1.29, 1.82) is 0 Å². The van der Waals surface area contributed by atoms with E-state index in [0.29, 0.717) is 37.0 Å². The van der Waals surface area contributed by atoms with Gasteiger partial charge in [0.15, 0.2) is 11.5 Å². The van der Waals surface area contributed by atoms with Crippen LogP contribution in [0.3, 0.4) is 0 Å². The number of carbonyl (C=O) groups excluding carboxylic acids is 1. The van der Waals surface area contributed by atoms with E-state index in [-0.39, 0.29) is 30.7 Å². The maximum Gasteiger partial charge on any atom is 0.223 e. The number of hydrogen-bond acceptors (Lipinski definition) is 8. The quantitative estimate of drug-likeness (QED) is 0.519. The van der Waals surface area contributed by atoms with E-state index in [4.69, 9.17) is 11.5 Å². The second kappa shape index (κ2) is 7.14. The largest absolute Gasteiger partial charge is 0.390 e. The Morgan fingerprint density at radius 2 is 2.23 bits per heavy atom. The summed E-state index contributed by atoms with van der Waals surface area (Å²) in [6.07, 6.45) is 3.40. The predicted octanol–water partition coefficient (Wildman–Crippen LogP) is -1.14. The molecule has 1 saturated carbocycles. The first-order valence-corrected chi connectivity index (χ1v) is 8.63. The van der Waals surface area contributed by atoms with Crippen molar-refractivity contribution in [2.24, 2.45) is 5.73 Å². The van der Waals surface area contributed by atoms with Crippen molar-refractivity contribution in [2.75, 3.05) is 19.3 Å². The molecule has 3 atom stereocenters. The zero-order valence-corrected chi connectivity index (χ0v) is 14.7. The zero-order valence-electron chi connectivity index (χ0n) is 14.7. The van der Waals surface area contributed by atoms with Crippen molar-refractivity contribution in [1.82, 2.24) is 24.4 Å². The molecule has 10 nitrogen and oxygen atoms in total. The third-order valence-corrected chi connectivity index (χ3v) is 5.20. The second-order valence-electron chi connectivity index (χ2n) is 6.89. The summed E-state index contributed by atoms with van der Waals surface area (Å²) in [5.74, 6) is 0.216. The second-order valence-corrected chi connectivity index (χ2v) is 6.89. The van der Waals surface area contributed by atoms with Crippen LogP contribution >= 0.6 is 0 Å². The van der Waals surface area contributed by atoms with Crippen LogP contribution in [-0.2, 0) is 11.3 Å². The number of imidazole rings is 1. The number of nitrogens with zero attached hydrogens (tertiary/aromatic N) is 5. The van der Waals surface area contributed by atoms with Crippen LogP contribution in [-0.4, -0.2) is 71.9 Å². The normalized spacial score (nSPS) is 26.2. The van der Waals surface area contributed by atoms with Crippen LogP contribution < -0.4 is 11.5 Å². The maximum absolute atomic E-state index is 12.0. The summed E-state index contributed by atoms with van der Waals surface area (Å²) < 4.78 is 1.67. The molecular weight excluding hydrogens is 338 g/mol. The highest BCUT2D eigenvalue weighted by Crippen LogP contribution is 2.33. The average molecular weight is 363 g/mol. The molecule has 0 aromatic carbocycles. The summed E-state index contributed by atoms with van der Waals surface area (Å²) in [5, 5.41) is 21.6. The lowest BCUT2D eigenvalue weighted by molar-refractivity contribution is -0.143. The molecular formula is C16H25N7O3. The van der Waals surface area contributed by atoms with Gasteiger partial charge in [-0.05, 0) is 19.3 Å². The van der Waals surface area contributed by atoms with E-state index in [1.54, 1.807) is 16.5 Å². The van der Waals surface area contributed by atoms with Crippen molar-refractivity contribution >= 4 is 22.9 Å². The highest BCUT2D eigenvalue weighted by molar-refractivity contribution is 5.81. The van der Waals surface area contributed by atoms with E-state index < -0.39 is 11.7 Å². The highest BCUT2D eigenvalue weighted by atomic mass is 16.3. The third kappa shape index (κ3) is 3.35. The lowest BCUT2D eigenvalue weighted by Gasteiger charge is -2.43. The molecule has 2 heterocycles. The van der Waals surface area contributed by atoms with Gasteiger partial charge < -0.3 is 31.1 Å². The molecule has 3 rings (SSSR count). The molecule has 0 aliphatic heterocycles. The van der Waals surface area contributed by atoms with Crippen molar-refractivity contribution in [2.45, 2.75) is 50.0 Å². The molecule has 1 amide bonds. The average Bonchev–Trinajstić information content (AvgIpc) is 3.01. The number of rotatable bonds is 5. The summed E-state index contributed by atoms with van der Waals surface area (Å²) in [6.45, 7) is 0.426. The molecule has 26 heavy (non-hydrogen) atoms. The number of aliphatic hydroxyl groups is 2. The Bertz CT molecular complexity index is 795. The monoisotopic (exact) mass is 363 g/mol. The fourth-order valence-electron chi connectivity index (χ4n) is 3.53. The van der Waals surface area contributed by atoms with Crippen LogP contribution in [0.15, 0.2) is 12.7 Å². The maximum atomic E-state index is 12.0. The van der Waals surface area contributed by atoms with Gasteiger partial charge in [-0.3, -0.25) is 4.79 Å². The lowest BCUT2D eigenvalue weighted by Crippen LogP contribution is -2.54. The van der Waals surface area contributed by atoms with Gasteiger partial charge in [-0.25, -0.2) is 15.0 Å². The van der Waals surface area contributed by atoms with E-state index in [1.807, 2.05) is 0 Å². The van der Waals surface area contributed by atoms with Gasteiger partial charge in [0.25, 0.3) is 0 Å². The van der Waals surface area contributed by atoms with Crippen LogP contribution in [0.2, 0.25) is 0 Å². The Kier molecular flexibility index (Phi) is 5.08. The number of carbonyl (C=O) groups is 1. The fraction of sp³-hybridized carbons (Fsp3) is 0.625. The summed E-state index contributed by atoms with van der Waals surface area (Å²) in [5.41, 5.74) is 10.9. The number of nitrogen functional groups attached to an aromatic ring is 1. The molecule has 0 saturated heterocycles. The first-order chi connectivity index (χ1) is 12.4. The van der Waals surface area contributed by atoms with Gasteiger partial charge in [0.05, 0.1) is 19.0 Å². The number of nitrogens with two attached hydrogens (primary N) is 2. The molecule has 0 unspecified atom stereocenters. The molecule has 0 bridgehead atoms. The number of aromatic nitrogens is 4. The van der Waals surface area contributed by atoms with Crippen molar-refractivity contribution in [3.8, 4) is 0 Å². The van der Waals surface area contributed by atoms with Gasteiger partial charge in [0.1, 0.15) is 17.4 Å². The van der Waals surface area contributed by atoms with E-state index >= 15 is 0 Å². The molecule has 1 fully saturated rings. The molecule has 0 radical (unpaired) electrons. The zero-order chi connectivity index (χ0) is 18.9. The molecule has 1 aliphatic carbocycles. The Morgan fingerprint density at radius 1 is 1.46 bits per heavy atom. The van der Waals surface area contributed by atoms with E-state index in [9.17, 15) is 15.0 Å². The summed E-state index contributed by atoms with van der Waals surface area (Å²) in [4.78, 5) is 25.9. The van der Waals surface area contributed by atoms with Gasteiger partial charge in [-0.1, -0.05) is 0 Å². The topological polar surface area (TPSA) is 156 Å². The minimum absolute atomic E-state index is 0.0529. The smallest absolute Gasteiger partial charge is 0.223 e. The van der Waals surface area contributed by atoms with Gasteiger partial charge in [-0.15, -0.1) is 0 Å². The number of anilines is 1. The van der Waals surface area contributed by atoms with Crippen molar-refractivity contribution < 1.29 is 15.0 Å². The Balaban J connectivity index is 1.73. The van der Waals surface area contributed by atoms with Crippen LogP contribution in [0.5, 0.6) is 0 Å². The number of fused-ring (bicyclic) bond motifs is 1. The SMILES string of the molecule is CN(C(=O)CCN)[C@H]1CC[C@@](O)(Cn2cnc3c(N)ncnc32)[C@H](O)C1. The van der Waals surface area contributed by atoms with Crippen molar-refractivity contribution in [3.63, 3.8) is 0 Å². The highest BCUT2D eigenvalue weighted by Gasteiger charge is 2.43. The number of hydrogen-bond donors (Lipinski definition) is 4. The van der Waals surface area contributed by atoms with Gasteiger partial charge >= 0.3 is 0 Å². The molecule has 10 heteroatoms. The minimum Gasteiger partial charge on any atom is -0.390 e. The molecule has 2 aromatic rings. The molecule has 2 aromatic heterocycles. The standard InChI is InChI=1S/C16H25N7O3/c1-22(12(25)3-5-17)10-2-4-16(26,11(24)6-10)7-23-9-21-13-14(18)19-8-20-15(13)23/h8-11,24,26H,2-7,17H2,1H3,(H2,18,19,20)/t10-,11+,16+/m0/s1. The van der Waals surface area contributed by atoms with E-state index in [0.717, 1.165) is 0 Å². The van der Waals surface area contributed by atoms with Gasteiger partial charge in [0, 0.05) is 26.1 Å². The van der Waals surface area contributed by atoms with E-state index in [1.165, 1.54) is 12.7 Å².